The van der Waals surface area contributed by atoms with Gasteiger partial charge in [0.1, 0.15) is 0 Å². The fourth-order valence-corrected chi connectivity index (χ4v) is 1.75. The summed E-state index contributed by atoms with van der Waals surface area (Å²) < 4.78 is 0. The molecule has 13 heavy (non-hydrogen) atoms. The van der Waals surface area contributed by atoms with Crippen molar-refractivity contribution < 1.29 is 4.79 Å². The van der Waals surface area contributed by atoms with Crippen LogP contribution in [-0.2, 0) is 11.3 Å². The molecule has 0 radical (unpaired) electrons. The van der Waals surface area contributed by atoms with Crippen molar-refractivity contribution in [2.75, 3.05) is 0 Å². The second kappa shape index (κ2) is 4.39. The lowest BCUT2D eigenvalue weighted by atomic mass is 10.3. The van der Waals surface area contributed by atoms with Gasteiger partial charge in [-0.15, -0.1) is 11.3 Å². The molecule has 4 heteroatoms. The van der Waals surface area contributed by atoms with Gasteiger partial charge >= 0.3 is 0 Å². The fourth-order valence-electron chi connectivity index (χ4n) is 0.915. The number of amides is 1. The van der Waals surface area contributed by atoms with Gasteiger partial charge in [-0.2, -0.15) is 0 Å². The molecule has 0 bridgehead atoms. The van der Waals surface area contributed by atoms with E-state index in [2.05, 4.69) is 5.32 Å². The molecule has 1 rings (SSSR count). The van der Waals surface area contributed by atoms with Crippen LogP contribution in [0.4, 0.5) is 0 Å². The Hall–Kier alpha value is -0.870. The van der Waals surface area contributed by atoms with E-state index in [0.29, 0.717) is 6.54 Å². The summed E-state index contributed by atoms with van der Waals surface area (Å²) in [5.41, 5.74) is 5.40. The molecule has 1 aromatic heterocycles. The Morgan fingerprint density at radius 1 is 1.69 bits per heavy atom. The first-order chi connectivity index (χ1) is 6.09. The number of hydrogen-bond acceptors (Lipinski definition) is 3. The van der Waals surface area contributed by atoms with Crippen LogP contribution in [0.15, 0.2) is 12.1 Å². The van der Waals surface area contributed by atoms with Crippen LogP contribution in [0.25, 0.3) is 0 Å². The minimum atomic E-state index is -0.430. The van der Waals surface area contributed by atoms with E-state index in [-0.39, 0.29) is 5.91 Å². The van der Waals surface area contributed by atoms with Gasteiger partial charge in [-0.05, 0) is 26.0 Å². The second-order valence-corrected chi connectivity index (χ2v) is 4.39. The van der Waals surface area contributed by atoms with Gasteiger partial charge in [0, 0.05) is 9.75 Å². The Balaban J connectivity index is 2.39. The Morgan fingerprint density at radius 3 is 2.85 bits per heavy atom. The van der Waals surface area contributed by atoms with Gasteiger partial charge in [0.05, 0.1) is 12.6 Å². The number of aryl methyl sites for hydroxylation is 1. The van der Waals surface area contributed by atoms with Crippen molar-refractivity contribution in [3.8, 4) is 0 Å². The van der Waals surface area contributed by atoms with Crippen LogP contribution in [0.2, 0.25) is 0 Å². The van der Waals surface area contributed by atoms with Crippen LogP contribution in [0.3, 0.4) is 0 Å². The molecular weight excluding hydrogens is 184 g/mol. The minimum Gasteiger partial charge on any atom is -0.350 e. The zero-order valence-corrected chi connectivity index (χ0v) is 8.65. The monoisotopic (exact) mass is 198 g/mol. The Kier molecular flexibility index (Phi) is 3.45. The summed E-state index contributed by atoms with van der Waals surface area (Å²) in [5.74, 6) is -0.106. The molecule has 0 aromatic carbocycles. The Bertz CT molecular complexity index is 294. The normalized spacial score (nSPS) is 12.5. The van der Waals surface area contributed by atoms with Crippen molar-refractivity contribution in [3.63, 3.8) is 0 Å². The molecular formula is C9H14N2OS. The van der Waals surface area contributed by atoms with Crippen LogP contribution in [0, 0.1) is 6.92 Å². The van der Waals surface area contributed by atoms with Crippen molar-refractivity contribution in [2.24, 2.45) is 5.73 Å². The summed E-state index contributed by atoms with van der Waals surface area (Å²) in [6, 6.07) is 3.63. The molecule has 3 N–H and O–H groups in total. The predicted molar refractivity (Wildman–Crippen MR) is 54.6 cm³/mol. The lowest BCUT2D eigenvalue weighted by Gasteiger charge is -2.05. The molecule has 0 spiro atoms. The van der Waals surface area contributed by atoms with Gasteiger partial charge in [0.25, 0.3) is 0 Å². The summed E-state index contributed by atoms with van der Waals surface area (Å²) in [4.78, 5) is 13.5. The lowest BCUT2D eigenvalue weighted by Crippen LogP contribution is -2.37. The highest BCUT2D eigenvalue weighted by atomic mass is 32.1. The van der Waals surface area contributed by atoms with E-state index >= 15 is 0 Å². The molecule has 0 fully saturated rings. The molecule has 0 aliphatic rings. The molecule has 1 unspecified atom stereocenters. The average Bonchev–Trinajstić information content (AvgIpc) is 2.47. The number of carbonyl (C=O) groups excluding carboxylic acids is 1. The minimum absolute atomic E-state index is 0.106. The highest BCUT2D eigenvalue weighted by molar-refractivity contribution is 7.11. The van der Waals surface area contributed by atoms with Crippen LogP contribution >= 0.6 is 11.3 Å². The lowest BCUT2D eigenvalue weighted by molar-refractivity contribution is -0.122. The van der Waals surface area contributed by atoms with Gasteiger partial charge in [-0.1, -0.05) is 0 Å². The maximum atomic E-state index is 11.1. The SMILES string of the molecule is Cc1ccc(CNC(=O)C(C)N)s1. The molecule has 0 aliphatic carbocycles. The van der Waals surface area contributed by atoms with Crippen molar-refractivity contribution in [3.05, 3.63) is 21.9 Å². The van der Waals surface area contributed by atoms with Crippen molar-refractivity contribution in [2.45, 2.75) is 26.4 Å². The van der Waals surface area contributed by atoms with Gasteiger partial charge in [0.15, 0.2) is 0 Å². The van der Waals surface area contributed by atoms with Crippen LogP contribution < -0.4 is 11.1 Å². The zero-order valence-electron chi connectivity index (χ0n) is 7.83. The third kappa shape index (κ3) is 3.16. The van der Waals surface area contributed by atoms with E-state index in [1.165, 1.54) is 4.88 Å². The van der Waals surface area contributed by atoms with Crippen LogP contribution in [0.1, 0.15) is 16.7 Å². The molecule has 72 valence electrons. The molecule has 1 amide bonds. The quantitative estimate of drug-likeness (QED) is 0.762. The van der Waals surface area contributed by atoms with Crippen molar-refractivity contribution in [1.29, 1.82) is 0 Å². The first-order valence-corrected chi connectivity index (χ1v) is 5.00. The smallest absolute Gasteiger partial charge is 0.236 e. The first-order valence-electron chi connectivity index (χ1n) is 4.18. The largest absolute Gasteiger partial charge is 0.350 e. The Morgan fingerprint density at radius 2 is 2.38 bits per heavy atom. The summed E-state index contributed by atoms with van der Waals surface area (Å²) in [6.07, 6.45) is 0. The van der Waals surface area contributed by atoms with E-state index in [4.69, 9.17) is 5.73 Å². The number of rotatable bonds is 3. The summed E-state index contributed by atoms with van der Waals surface area (Å²) in [7, 11) is 0. The van der Waals surface area contributed by atoms with Gasteiger partial charge in [-0.25, -0.2) is 0 Å². The van der Waals surface area contributed by atoms with E-state index in [0.717, 1.165) is 4.88 Å². The maximum Gasteiger partial charge on any atom is 0.236 e. The van der Waals surface area contributed by atoms with Crippen LogP contribution in [0.5, 0.6) is 0 Å². The van der Waals surface area contributed by atoms with E-state index in [1.807, 2.05) is 19.1 Å². The highest BCUT2D eigenvalue weighted by Crippen LogP contribution is 2.14. The van der Waals surface area contributed by atoms with E-state index in [1.54, 1.807) is 18.3 Å². The average molecular weight is 198 g/mol. The molecule has 1 atom stereocenters. The van der Waals surface area contributed by atoms with Crippen molar-refractivity contribution in [1.82, 2.24) is 5.32 Å². The highest BCUT2D eigenvalue weighted by Gasteiger charge is 2.06. The van der Waals surface area contributed by atoms with Gasteiger partial charge in [-0.3, -0.25) is 4.79 Å². The molecule has 1 aromatic rings. The zero-order chi connectivity index (χ0) is 9.84. The molecule has 0 saturated heterocycles. The van der Waals surface area contributed by atoms with E-state index in [9.17, 15) is 4.79 Å². The standard InChI is InChI=1S/C9H14N2OS/c1-6-3-4-8(13-6)5-11-9(12)7(2)10/h3-4,7H,5,10H2,1-2H3,(H,11,12). The molecule has 0 aliphatic heterocycles. The number of thiophene rings is 1. The molecule has 3 nitrogen and oxygen atoms in total. The maximum absolute atomic E-state index is 11.1. The summed E-state index contributed by atoms with van der Waals surface area (Å²) in [5, 5.41) is 2.76. The van der Waals surface area contributed by atoms with Gasteiger partial charge in [0.2, 0.25) is 5.91 Å². The topological polar surface area (TPSA) is 55.1 Å². The summed E-state index contributed by atoms with van der Waals surface area (Å²) >= 11 is 1.69. The number of nitrogens with one attached hydrogen (secondary N) is 1. The predicted octanol–water partition coefficient (Wildman–Crippen LogP) is 1.02. The molecule has 1 heterocycles. The first kappa shape index (κ1) is 10.2. The third-order valence-electron chi connectivity index (χ3n) is 1.65. The van der Waals surface area contributed by atoms with E-state index < -0.39 is 6.04 Å². The number of carbonyl (C=O) groups is 1. The number of hydrogen-bond donors (Lipinski definition) is 2. The van der Waals surface area contributed by atoms with Gasteiger partial charge < -0.3 is 11.1 Å². The van der Waals surface area contributed by atoms with Crippen LogP contribution in [-0.4, -0.2) is 11.9 Å². The Labute approximate surface area is 81.9 Å². The fraction of sp³-hybridized carbons (Fsp3) is 0.444. The van der Waals surface area contributed by atoms with Crippen molar-refractivity contribution >= 4 is 17.2 Å². The second-order valence-electron chi connectivity index (χ2n) is 3.02. The summed E-state index contributed by atoms with van der Waals surface area (Å²) in [6.45, 7) is 4.30. The third-order valence-corrected chi connectivity index (χ3v) is 2.65. The number of nitrogens with two attached hydrogens (primary N) is 1. The molecule has 0 saturated carbocycles.